The lowest BCUT2D eigenvalue weighted by molar-refractivity contribution is 0.963. The minimum atomic E-state index is 1.25. The van der Waals surface area contributed by atoms with Crippen LogP contribution in [-0.4, -0.2) is 4.57 Å². The first-order valence-corrected chi connectivity index (χ1v) is 4.13. The van der Waals surface area contributed by atoms with E-state index in [1.165, 1.54) is 22.0 Å². The largest absolute Gasteiger partial charge is 0.350 e. The number of aryl methyl sites for hydroxylation is 3. The Bertz CT molecular complexity index is 424. The van der Waals surface area contributed by atoms with E-state index in [4.69, 9.17) is 0 Å². The lowest BCUT2D eigenvalue weighted by Crippen LogP contribution is -1.87. The molecular weight excluding hydrogens is 146 g/mol. The SMILES string of the molecule is Cc1ccc(C)c2c1[c]cn2C. The summed E-state index contributed by atoms with van der Waals surface area (Å²) in [7, 11) is 2.06. The maximum atomic E-state index is 3.26. The van der Waals surface area contributed by atoms with Gasteiger partial charge in [0.2, 0.25) is 0 Å². The van der Waals surface area contributed by atoms with Crippen LogP contribution in [0.3, 0.4) is 0 Å². The molecule has 0 amide bonds. The van der Waals surface area contributed by atoms with Gasteiger partial charge in [0.1, 0.15) is 0 Å². The van der Waals surface area contributed by atoms with Gasteiger partial charge < -0.3 is 4.57 Å². The van der Waals surface area contributed by atoms with Crippen molar-refractivity contribution in [1.29, 1.82) is 0 Å². The minimum Gasteiger partial charge on any atom is -0.350 e. The zero-order chi connectivity index (χ0) is 8.72. The van der Waals surface area contributed by atoms with Gasteiger partial charge in [0.15, 0.2) is 0 Å². The second-order valence-corrected chi connectivity index (χ2v) is 3.31. The number of aromatic nitrogens is 1. The molecule has 0 atom stereocenters. The predicted molar refractivity (Wildman–Crippen MR) is 51.2 cm³/mol. The van der Waals surface area contributed by atoms with Crippen molar-refractivity contribution in [2.45, 2.75) is 13.8 Å². The molecule has 1 heterocycles. The third-order valence-electron chi connectivity index (χ3n) is 2.34. The molecular formula is C11H12N. The molecule has 0 N–H and O–H groups in total. The van der Waals surface area contributed by atoms with Crippen LogP contribution in [0.15, 0.2) is 18.3 Å². The van der Waals surface area contributed by atoms with Crippen LogP contribution in [-0.2, 0) is 7.05 Å². The highest BCUT2D eigenvalue weighted by atomic mass is 14.9. The zero-order valence-electron chi connectivity index (χ0n) is 7.68. The first-order valence-electron chi connectivity index (χ1n) is 4.13. The number of fused-ring (bicyclic) bond motifs is 1. The van der Waals surface area contributed by atoms with Gasteiger partial charge in [0.25, 0.3) is 0 Å². The highest BCUT2D eigenvalue weighted by molar-refractivity contribution is 5.85. The van der Waals surface area contributed by atoms with Crippen molar-refractivity contribution in [1.82, 2.24) is 4.57 Å². The smallest absolute Gasteiger partial charge is 0.0516 e. The van der Waals surface area contributed by atoms with Gasteiger partial charge in [-0.2, -0.15) is 0 Å². The Morgan fingerprint density at radius 2 is 1.83 bits per heavy atom. The second-order valence-electron chi connectivity index (χ2n) is 3.31. The molecule has 0 saturated carbocycles. The van der Waals surface area contributed by atoms with E-state index in [0.29, 0.717) is 0 Å². The van der Waals surface area contributed by atoms with Gasteiger partial charge in [-0.3, -0.25) is 0 Å². The summed E-state index contributed by atoms with van der Waals surface area (Å²) in [6.07, 6.45) is 1.99. The Balaban J connectivity index is 2.98. The molecule has 2 rings (SSSR count). The molecule has 12 heavy (non-hydrogen) atoms. The molecule has 0 saturated heterocycles. The molecule has 2 aromatic rings. The molecule has 0 aliphatic carbocycles. The van der Waals surface area contributed by atoms with Crippen LogP contribution in [0.25, 0.3) is 10.9 Å². The maximum absolute atomic E-state index is 3.26. The van der Waals surface area contributed by atoms with Gasteiger partial charge in [-0.1, -0.05) is 12.1 Å². The first-order chi connectivity index (χ1) is 5.70. The topological polar surface area (TPSA) is 4.93 Å². The van der Waals surface area contributed by atoms with Crippen LogP contribution in [0.4, 0.5) is 0 Å². The van der Waals surface area contributed by atoms with Gasteiger partial charge in [-0.25, -0.2) is 0 Å². The van der Waals surface area contributed by atoms with Crippen molar-refractivity contribution >= 4 is 10.9 Å². The average molecular weight is 158 g/mol. The Morgan fingerprint density at radius 3 is 2.50 bits per heavy atom. The molecule has 1 nitrogen and oxygen atoms in total. The summed E-state index contributed by atoms with van der Waals surface area (Å²) in [5.74, 6) is 0. The predicted octanol–water partition coefficient (Wildman–Crippen LogP) is 2.60. The van der Waals surface area contributed by atoms with Crippen LogP contribution in [0.1, 0.15) is 11.1 Å². The van der Waals surface area contributed by atoms with Crippen LogP contribution in [0.2, 0.25) is 0 Å². The van der Waals surface area contributed by atoms with Crippen LogP contribution in [0, 0.1) is 19.9 Å². The van der Waals surface area contributed by atoms with Gasteiger partial charge in [0.05, 0.1) is 5.52 Å². The van der Waals surface area contributed by atoms with Crippen molar-refractivity contribution in [2.24, 2.45) is 7.05 Å². The number of hydrogen-bond acceptors (Lipinski definition) is 0. The number of hydrogen-bond donors (Lipinski definition) is 0. The molecule has 0 aliphatic heterocycles. The molecule has 1 aromatic carbocycles. The Kier molecular flexibility index (Phi) is 1.47. The zero-order valence-corrected chi connectivity index (χ0v) is 7.68. The summed E-state index contributed by atoms with van der Waals surface area (Å²) in [4.78, 5) is 0. The molecule has 1 radical (unpaired) electrons. The van der Waals surface area contributed by atoms with Gasteiger partial charge >= 0.3 is 0 Å². The van der Waals surface area contributed by atoms with Gasteiger partial charge in [0, 0.05) is 24.7 Å². The normalized spacial score (nSPS) is 10.9. The van der Waals surface area contributed by atoms with Crippen LogP contribution >= 0.6 is 0 Å². The summed E-state index contributed by atoms with van der Waals surface area (Å²) in [5.41, 5.74) is 3.92. The van der Waals surface area contributed by atoms with Gasteiger partial charge in [-0.15, -0.1) is 0 Å². The summed E-state index contributed by atoms with van der Waals surface area (Å²) in [5, 5.41) is 1.25. The van der Waals surface area contributed by atoms with E-state index in [1.807, 2.05) is 6.20 Å². The summed E-state index contributed by atoms with van der Waals surface area (Å²) in [6.45, 7) is 4.26. The van der Waals surface area contributed by atoms with Crippen molar-refractivity contribution in [2.75, 3.05) is 0 Å². The van der Waals surface area contributed by atoms with Crippen molar-refractivity contribution in [3.63, 3.8) is 0 Å². The van der Waals surface area contributed by atoms with Crippen molar-refractivity contribution in [3.05, 3.63) is 35.5 Å². The monoisotopic (exact) mass is 158 g/mol. The maximum Gasteiger partial charge on any atom is 0.0516 e. The highest BCUT2D eigenvalue weighted by Gasteiger charge is 2.02. The fourth-order valence-corrected chi connectivity index (χ4v) is 1.66. The third-order valence-corrected chi connectivity index (χ3v) is 2.34. The number of rotatable bonds is 0. The standard InChI is InChI=1S/C11H12N/c1-8-4-5-9(2)11-10(8)6-7-12(11)3/h4-5,7H,1-3H3. The Morgan fingerprint density at radius 1 is 1.17 bits per heavy atom. The second kappa shape index (κ2) is 2.37. The van der Waals surface area contributed by atoms with Crippen LogP contribution in [0.5, 0.6) is 0 Å². The number of nitrogens with zero attached hydrogens (tertiary/aromatic N) is 1. The summed E-state index contributed by atoms with van der Waals surface area (Å²) >= 11 is 0. The molecule has 0 spiro atoms. The van der Waals surface area contributed by atoms with E-state index in [-0.39, 0.29) is 0 Å². The third kappa shape index (κ3) is 0.860. The fourth-order valence-electron chi connectivity index (χ4n) is 1.66. The van der Waals surface area contributed by atoms with E-state index in [9.17, 15) is 0 Å². The van der Waals surface area contributed by atoms with E-state index < -0.39 is 0 Å². The minimum absolute atomic E-state index is 1.25. The molecule has 1 heteroatoms. The lowest BCUT2D eigenvalue weighted by Gasteiger charge is -2.02. The van der Waals surface area contributed by atoms with E-state index in [2.05, 4.69) is 43.7 Å². The molecule has 0 fully saturated rings. The fraction of sp³-hybridized carbons (Fsp3) is 0.273. The quantitative estimate of drug-likeness (QED) is 0.555. The Hall–Kier alpha value is -1.24. The summed E-state index contributed by atoms with van der Waals surface area (Å²) < 4.78 is 2.12. The molecule has 0 aliphatic rings. The van der Waals surface area contributed by atoms with Crippen molar-refractivity contribution in [3.8, 4) is 0 Å². The van der Waals surface area contributed by atoms with Crippen LogP contribution < -0.4 is 0 Å². The first kappa shape index (κ1) is 7.41. The highest BCUT2D eigenvalue weighted by Crippen LogP contribution is 2.21. The molecule has 0 bridgehead atoms. The van der Waals surface area contributed by atoms with E-state index in [0.717, 1.165) is 0 Å². The average Bonchev–Trinajstić information content (AvgIpc) is 2.42. The van der Waals surface area contributed by atoms with E-state index in [1.54, 1.807) is 0 Å². The van der Waals surface area contributed by atoms with Gasteiger partial charge in [-0.05, 0) is 25.0 Å². The number of benzene rings is 1. The molecule has 1 aromatic heterocycles. The van der Waals surface area contributed by atoms with Crippen molar-refractivity contribution < 1.29 is 0 Å². The molecule has 0 unspecified atom stereocenters. The molecule has 61 valence electrons. The van der Waals surface area contributed by atoms with E-state index >= 15 is 0 Å². The Labute approximate surface area is 72.6 Å². The summed E-state index contributed by atoms with van der Waals surface area (Å²) in [6, 6.07) is 7.57. The lowest BCUT2D eigenvalue weighted by atomic mass is 10.1.